The molecule has 0 fully saturated rings. The molecule has 0 saturated heterocycles. The first-order chi connectivity index (χ1) is 8.95. The van der Waals surface area contributed by atoms with Gasteiger partial charge in [0.25, 0.3) is 0 Å². The lowest BCUT2D eigenvalue weighted by Crippen LogP contribution is -2.33. The molecular formula is C14H21ClN2OS. The first-order valence-electron chi connectivity index (χ1n) is 6.27. The van der Waals surface area contributed by atoms with Gasteiger partial charge in [-0.05, 0) is 25.5 Å². The van der Waals surface area contributed by atoms with Gasteiger partial charge in [-0.1, -0.05) is 36.0 Å². The maximum Gasteiger partial charge on any atom is 0.104 e. The highest BCUT2D eigenvalue weighted by atomic mass is 35.5. The van der Waals surface area contributed by atoms with E-state index in [1.807, 2.05) is 18.2 Å². The van der Waals surface area contributed by atoms with Gasteiger partial charge in [0.05, 0.1) is 6.61 Å². The summed E-state index contributed by atoms with van der Waals surface area (Å²) in [5.41, 5.74) is 7.47. The average Bonchev–Trinajstić information content (AvgIpc) is 2.35. The highest BCUT2D eigenvalue weighted by Gasteiger charge is 2.12. The predicted octanol–water partition coefficient (Wildman–Crippen LogP) is 2.83. The van der Waals surface area contributed by atoms with Crippen molar-refractivity contribution < 1.29 is 4.74 Å². The number of hydrogen-bond acceptors (Lipinski definition) is 3. The molecule has 0 aliphatic heterocycles. The van der Waals surface area contributed by atoms with E-state index in [-0.39, 0.29) is 0 Å². The van der Waals surface area contributed by atoms with Crippen LogP contribution in [0.1, 0.15) is 25.0 Å². The molecule has 19 heavy (non-hydrogen) atoms. The predicted molar refractivity (Wildman–Crippen MR) is 84.8 cm³/mol. The molecule has 2 N–H and O–H groups in total. The molecule has 0 unspecified atom stereocenters. The van der Waals surface area contributed by atoms with E-state index in [1.54, 1.807) is 7.11 Å². The zero-order valence-electron chi connectivity index (χ0n) is 11.6. The summed E-state index contributed by atoms with van der Waals surface area (Å²) in [5.74, 6) is 0. The van der Waals surface area contributed by atoms with E-state index < -0.39 is 0 Å². The van der Waals surface area contributed by atoms with Gasteiger partial charge in [-0.15, -0.1) is 0 Å². The van der Waals surface area contributed by atoms with Crippen molar-refractivity contribution >= 4 is 28.8 Å². The summed E-state index contributed by atoms with van der Waals surface area (Å²) in [4.78, 5) is 2.68. The Kier molecular flexibility index (Phi) is 6.72. The van der Waals surface area contributed by atoms with Crippen molar-refractivity contribution in [3.05, 3.63) is 34.3 Å². The van der Waals surface area contributed by atoms with Crippen LogP contribution in [0.4, 0.5) is 0 Å². The highest BCUT2D eigenvalue weighted by Crippen LogP contribution is 2.20. The number of nitrogens with zero attached hydrogens (tertiary/aromatic N) is 1. The number of rotatable bonds is 7. The molecule has 0 heterocycles. The Morgan fingerprint density at radius 1 is 1.47 bits per heavy atom. The summed E-state index contributed by atoms with van der Waals surface area (Å²) in [6, 6.07) is 6.16. The molecule has 5 heteroatoms. The second kappa shape index (κ2) is 7.80. The molecule has 106 valence electrons. The van der Waals surface area contributed by atoms with Gasteiger partial charge < -0.3 is 10.5 Å². The van der Waals surface area contributed by atoms with Crippen LogP contribution in [0.2, 0.25) is 5.02 Å². The number of halogens is 1. The zero-order chi connectivity index (χ0) is 14.4. The van der Waals surface area contributed by atoms with Crippen molar-refractivity contribution in [2.45, 2.75) is 26.4 Å². The average molecular weight is 301 g/mol. The van der Waals surface area contributed by atoms with Gasteiger partial charge in [-0.25, -0.2) is 0 Å². The minimum atomic E-state index is 0.369. The second-order valence-corrected chi connectivity index (χ2v) is 5.57. The Bertz CT molecular complexity index is 437. The van der Waals surface area contributed by atoms with Crippen molar-refractivity contribution in [3.63, 3.8) is 0 Å². The topological polar surface area (TPSA) is 38.5 Å². The van der Waals surface area contributed by atoms with Crippen molar-refractivity contribution in [1.82, 2.24) is 4.90 Å². The van der Waals surface area contributed by atoms with E-state index in [9.17, 15) is 0 Å². The van der Waals surface area contributed by atoms with Crippen LogP contribution >= 0.6 is 23.8 Å². The molecule has 0 bridgehead atoms. The molecule has 0 amide bonds. The standard InChI is InChI=1S/C14H21ClN2OS/c1-10(2)17(6-7-18-3)9-12-5-4-11(14(16)19)8-13(12)15/h4-5,8,10H,6-7,9H2,1-3H3,(H2,16,19). The van der Waals surface area contributed by atoms with Gasteiger partial charge in [0.2, 0.25) is 0 Å². The molecule has 1 rings (SSSR count). The first-order valence-corrected chi connectivity index (χ1v) is 7.05. The van der Waals surface area contributed by atoms with Crippen molar-refractivity contribution in [2.24, 2.45) is 5.73 Å². The van der Waals surface area contributed by atoms with Crippen LogP contribution in [-0.4, -0.2) is 36.2 Å². The summed E-state index contributed by atoms with van der Waals surface area (Å²) in [5, 5.41) is 0.702. The van der Waals surface area contributed by atoms with E-state index in [0.29, 0.717) is 22.7 Å². The molecule has 1 aromatic carbocycles. The molecule has 0 aliphatic carbocycles. The fraction of sp³-hybridized carbons (Fsp3) is 0.500. The summed E-state index contributed by atoms with van der Waals surface area (Å²) in [6.45, 7) is 6.69. The van der Waals surface area contributed by atoms with Crippen LogP contribution in [0.25, 0.3) is 0 Å². The van der Waals surface area contributed by atoms with E-state index in [2.05, 4.69) is 18.7 Å². The second-order valence-electron chi connectivity index (χ2n) is 4.73. The maximum absolute atomic E-state index is 6.28. The molecular weight excluding hydrogens is 280 g/mol. The van der Waals surface area contributed by atoms with Crippen molar-refractivity contribution in [1.29, 1.82) is 0 Å². The van der Waals surface area contributed by atoms with E-state index in [0.717, 1.165) is 24.2 Å². The van der Waals surface area contributed by atoms with Crippen LogP contribution in [0.3, 0.4) is 0 Å². The fourth-order valence-electron chi connectivity index (χ4n) is 1.78. The fourth-order valence-corrected chi connectivity index (χ4v) is 2.14. The summed E-state index contributed by atoms with van der Waals surface area (Å²) in [6.07, 6.45) is 0. The van der Waals surface area contributed by atoms with Gasteiger partial charge in [-0.3, -0.25) is 4.90 Å². The summed E-state index contributed by atoms with van der Waals surface area (Å²) >= 11 is 11.2. The number of methoxy groups -OCH3 is 1. The monoisotopic (exact) mass is 300 g/mol. The van der Waals surface area contributed by atoms with Gasteiger partial charge in [0.1, 0.15) is 4.99 Å². The molecule has 0 radical (unpaired) electrons. The van der Waals surface area contributed by atoms with Crippen LogP contribution in [0, 0.1) is 0 Å². The zero-order valence-corrected chi connectivity index (χ0v) is 13.2. The third-order valence-corrected chi connectivity index (χ3v) is 3.61. The Morgan fingerprint density at radius 3 is 2.63 bits per heavy atom. The van der Waals surface area contributed by atoms with Gasteiger partial charge in [-0.2, -0.15) is 0 Å². The Morgan fingerprint density at radius 2 is 2.16 bits per heavy atom. The minimum absolute atomic E-state index is 0.369. The van der Waals surface area contributed by atoms with E-state index in [1.165, 1.54) is 0 Å². The summed E-state index contributed by atoms with van der Waals surface area (Å²) in [7, 11) is 1.71. The van der Waals surface area contributed by atoms with E-state index >= 15 is 0 Å². The van der Waals surface area contributed by atoms with Crippen LogP contribution < -0.4 is 5.73 Å². The normalized spacial score (nSPS) is 11.3. The van der Waals surface area contributed by atoms with Gasteiger partial charge in [0, 0.05) is 36.8 Å². The number of ether oxygens (including phenoxy) is 1. The maximum atomic E-state index is 6.28. The molecule has 0 saturated carbocycles. The SMILES string of the molecule is COCCN(Cc1ccc(C(N)=S)cc1Cl)C(C)C. The molecule has 0 aliphatic rings. The molecule has 0 atom stereocenters. The lowest BCUT2D eigenvalue weighted by Gasteiger charge is -2.26. The molecule has 3 nitrogen and oxygen atoms in total. The minimum Gasteiger partial charge on any atom is -0.389 e. The summed E-state index contributed by atoms with van der Waals surface area (Å²) < 4.78 is 5.13. The third kappa shape index (κ3) is 5.07. The number of benzene rings is 1. The lowest BCUT2D eigenvalue weighted by atomic mass is 10.1. The Hall–Kier alpha value is -0.680. The van der Waals surface area contributed by atoms with Crippen LogP contribution in [0.15, 0.2) is 18.2 Å². The van der Waals surface area contributed by atoms with Crippen LogP contribution in [-0.2, 0) is 11.3 Å². The first kappa shape index (κ1) is 16.4. The van der Waals surface area contributed by atoms with Crippen molar-refractivity contribution in [3.8, 4) is 0 Å². The highest BCUT2D eigenvalue weighted by molar-refractivity contribution is 7.80. The van der Waals surface area contributed by atoms with E-state index in [4.69, 9.17) is 34.3 Å². The van der Waals surface area contributed by atoms with Gasteiger partial charge in [0.15, 0.2) is 0 Å². The Balaban J connectivity index is 2.81. The molecule has 1 aromatic rings. The molecule has 0 spiro atoms. The van der Waals surface area contributed by atoms with Crippen molar-refractivity contribution in [2.75, 3.05) is 20.3 Å². The largest absolute Gasteiger partial charge is 0.389 e. The molecule has 0 aromatic heterocycles. The number of thiocarbonyl (C=S) groups is 1. The quantitative estimate of drug-likeness (QED) is 0.786. The number of nitrogens with two attached hydrogens (primary N) is 1. The van der Waals surface area contributed by atoms with Gasteiger partial charge >= 0.3 is 0 Å². The Labute approximate surface area is 125 Å². The van der Waals surface area contributed by atoms with Crippen LogP contribution in [0.5, 0.6) is 0 Å². The number of hydrogen-bond donors (Lipinski definition) is 1. The third-order valence-electron chi connectivity index (χ3n) is 3.02. The lowest BCUT2D eigenvalue weighted by molar-refractivity contribution is 0.125. The smallest absolute Gasteiger partial charge is 0.104 e.